The van der Waals surface area contributed by atoms with Crippen molar-refractivity contribution in [2.75, 3.05) is 27.3 Å². The number of rotatable bonds is 5. The minimum atomic E-state index is -0.507. The van der Waals surface area contributed by atoms with Gasteiger partial charge in [0.1, 0.15) is 0 Å². The summed E-state index contributed by atoms with van der Waals surface area (Å²) in [5, 5.41) is 0. The van der Waals surface area contributed by atoms with Crippen LogP contribution in [0, 0.1) is 6.92 Å². The van der Waals surface area contributed by atoms with Gasteiger partial charge in [-0.15, -0.1) is 0 Å². The number of amides is 1. The Labute approximate surface area is 127 Å². The lowest BCUT2D eigenvalue weighted by Crippen LogP contribution is -2.48. The van der Waals surface area contributed by atoms with E-state index < -0.39 is 5.79 Å². The van der Waals surface area contributed by atoms with Crippen LogP contribution in [0.1, 0.15) is 30.4 Å². The van der Waals surface area contributed by atoms with Gasteiger partial charge in [0.15, 0.2) is 5.79 Å². The fraction of sp³-hybridized carbons (Fsp3) is 0.588. The summed E-state index contributed by atoms with van der Waals surface area (Å²) >= 11 is 0. The summed E-state index contributed by atoms with van der Waals surface area (Å²) in [6, 6.07) is 8.34. The third-order valence-electron chi connectivity index (χ3n) is 4.33. The van der Waals surface area contributed by atoms with Crippen molar-refractivity contribution in [2.45, 2.75) is 38.4 Å². The van der Waals surface area contributed by atoms with Crippen molar-refractivity contribution in [2.24, 2.45) is 0 Å². The van der Waals surface area contributed by atoms with Gasteiger partial charge in [-0.25, -0.2) is 0 Å². The molecule has 21 heavy (non-hydrogen) atoms. The molecule has 1 aromatic carbocycles. The maximum absolute atomic E-state index is 12.3. The van der Waals surface area contributed by atoms with Crippen LogP contribution in [-0.4, -0.2) is 43.9 Å². The highest BCUT2D eigenvalue weighted by atomic mass is 16.7. The van der Waals surface area contributed by atoms with Crippen molar-refractivity contribution in [3.63, 3.8) is 0 Å². The standard InChI is InChI=1S/C17H25NO3/c1-14-5-4-6-15(13-14)7-8-16(19)18-11-9-17(20-2,21-3)10-12-18/h4-6,13H,7-12H2,1-3H3. The van der Waals surface area contributed by atoms with Crippen LogP contribution in [0.15, 0.2) is 24.3 Å². The van der Waals surface area contributed by atoms with E-state index in [9.17, 15) is 4.79 Å². The first kappa shape index (κ1) is 16.0. The number of piperidine rings is 1. The van der Waals surface area contributed by atoms with Gasteiger partial charge in [0.25, 0.3) is 0 Å². The molecule has 0 unspecified atom stereocenters. The lowest BCUT2D eigenvalue weighted by molar-refractivity contribution is -0.228. The van der Waals surface area contributed by atoms with Crippen molar-refractivity contribution >= 4 is 5.91 Å². The van der Waals surface area contributed by atoms with E-state index in [4.69, 9.17) is 9.47 Å². The van der Waals surface area contributed by atoms with Gasteiger partial charge >= 0.3 is 0 Å². The molecule has 0 radical (unpaired) electrons. The van der Waals surface area contributed by atoms with Crippen LogP contribution < -0.4 is 0 Å². The molecule has 0 aromatic heterocycles. The molecular weight excluding hydrogens is 266 g/mol. The molecule has 116 valence electrons. The Morgan fingerprint density at radius 1 is 1.24 bits per heavy atom. The normalized spacial score (nSPS) is 17.8. The van der Waals surface area contributed by atoms with Gasteiger partial charge in [-0.2, -0.15) is 0 Å². The molecule has 0 aliphatic carbocycles. The molecule has 4 heteroatoms. The van der Waals surface area contributed by atoms with Crippen LogP contribution in [0.3, 0.4) is 0 Å². The quantitative estimate of drug-likeness (QED) is 0.783. The number of ether oxygens (including phenoxy) is 2. The molecule has 1 heterocycles. The average molecular weight is 291 g/mol. The van der Waals surface area contributed by atoms with Gasteiger partial charge in [-0.05, 0) is 18.9 Å². The molecule has 0 N–H and O–H groups in total. The Bertz CT molecular complexity index is 473. The number of nitrogens with zero attached hydrogens (tertiary/aromatic N) is 1. The van der Waals surface area contributed by atoms with Crippen LogP contribution in [0.2, 0.25) is 0 Å². The predicted molar refractivity (Wildman–Crippen MR) is 82.1 cm³/mol. The fourth-order valence-corrected chi connectivity index (χ4v) is 2.87. The highest BCUT2D eigenvalue weighted by Crippen LogP contribution is 2.26. The minimum absolute atomic E-state index is 0.220. The molecule has 1 aliphatic heterocycles. The van der Waals surface area contributed by atoms with Crippen LogP contribution in [0.4, 0.5) is 0 Å². The van der Waals surface area contributed by atoms with E-state index in [0.29, 0.717) is 19.5 Å². The minimum Gasteiger partial charge on any atom is -0.353 e. The third-order valence-corrected chi connectivity index (χ3v) is 4.33. The highest BCUT2D eigenvalue weighted by molar-refractivity contribution is 5.76. The van der Waals surface area contributed by atoms with Gasteiger partial charge in [0.2, 0.25) is 5.91 Å². The largest absolute Gasteiger partial charge is 0.353 e. The van der Waals surface area contributed by atoms with E-state index in [1.165, 1.54) is 11.1 Å². The Balaban J connectivity index is 1.82. The smallest absolute Gasteiger partial charge is 0.222 e. The monoisotopic (exact) mass is 291 g/mol. The van der Waals surface area contributed by atoms with Crippen LogP contribution in [0.25, 0.3) is 0 Å². The highest BCUT2D eigenvalue weighted by Gasteiger charge is 2.35. The maximum Gasteiger partial charge on any atom is 0.222 e. The molecule has 1 aromatic rings. The number of hydrogen-bond donors (Lipinski definition) is 0. The predicted octanol–water partition coefficient (Wildman–Crippen LogP) is 2.54. The Kier molecular flexibility index (Phi) is 5.37. The summed E-state index contributed by atoms with van der Waals surface area (Å²) in [5.74, 6) is -0.287. The summed E-state index contributed by atoms with van der Waals surface area (Å²) in [5.41, 5.74) is 2.46. The van der Waals surface area contributed by atoms with Gasteiger partial charge in [-0.1, -0.05) is 29.8 Å². The lowest BCUT2D eigenvalue weighted by atomic mass is 10.0. The van der Waals surface area contributed by atoms with Crippen molar-refractivity contribution < 1.29 is 14.3 Å². The number of likely N-dealkylation sites (tertiary alicyclic amines) is 1. The SMILES string of the molecule is COC1(OC)CCN(C(=O)CCc2cccc(C)c2)CC1. The number of benzene rings is 1. The van der Waals surface area contributed by atoms with Crippen molar-refractivity contribution in [3.05, 3.63) is 35.4 Å². The molecule has 0 bridgehead atoms. The molecule has 1 saturated heterocycles. The zero-order chi connectivity index (χ0) is 15.3. The summed E-state index contributed by atoms with van der Waals surface area (Å²) in [7, 11) is 3.33. The Morgan fingerprint density at radius 3 is 2.48 bits per heavy atom. The maximum atomic E-state index is 12.3. The van der Waals surface area contributed by atoms with Crippen LogP contribution in [0.5, 0.6) is 0 Å². The first-order valence-corrected chi connectivity index (χ1v) is 7.52. The molecule has 0 spiro atoms. The van der Waals surface area contributed by atoms with Gasteiger partial charge in [0.05, 0.1) is 0 Å². The van der Waals surface area contributed by atoms with E-state index >= 15 is 0 Å². The van der Waals surface area contributed by atoms with Crippen LogP contribution >= 0.6 is 0 Å². The fourth-order valence-electron chi connectivity index (χ4n) is 2.87. The molecule has 0 atom stereocenters. The van der Waals surface area contributed by atoms with Crippen molar-refractivity contribution in [1.82, 2.24) is 4.90 Å². The lowest BCUT2D eigenvalue weighted by Gasteiger charge is -2.39. The number of aryl methyl sites for hydroxylation is 2. The van der Waals surface area contributed by atoms with Gasteiger partial charge < -0.3 is 14.4 Å². The van der Waals surface area contributed by atoms with Gasteiger partial charge in [0, 0.05) is 46.6 Å². The van der Waals surface area contributed by atoms with Crippen LogP contribution in [-0.2, 0) is 20.7 Å². The molecule has 1 fully saturated rings. The van der Waals surface area contributed by atoms with E-state index in [1.54, 1.807) is 14.2 Å². The summed E-state index contributed by atoms with van der Waals surface area (Å²) in [6.45, 7) is 3.48. The molecule has 4 nitrogen and oxygen atoms in total. The van der Waals surface area contributed by atoms with Gasteiger partial charge in [-0.3, -0.25) is 4.79 Å². The third kappa shape index (κ3) is 4.05. The second kappa shape index (κ2) is 7.05. The van der Waals surface area contributed by atoms with Crippen molar-refractivity contribution in [3.8, 4) is 0 Å². The van der Waals surface area contributed by atoms with E-state index in [0.717, 1.165) is 19.3 Å². The molecule has 2 rings (SSSR count). The summed E-state index contributed by atoms with van der Waals surface area (Å²) in [6.07, 6.45) is 2.83. The number of hydrogen-bond acceptors (Lipinski definition) is 3. The average Bonchev–Trinajstić information content (AvgIpc) is 2.53. The molecule has 1 aliphatic rings. The number of carbonyl (C=O) groups excluding carboxylic acids is 1. The zero-order valence-electron chi connectivity index (χ0n) is 13.2. The first-order chi connectivity index (χ1) is 10.1. The topological polar surface area (TPSA) is 38.8 Å². The van der Waals surface area contributed by atoms with E-state index in [2.05, 4.69) is 25.1 Å². The molecule has 0 saturated carbocycles. The molecular formula is C17H25NO3. The second-order valence-corrected chi connectivity index (χ2v) is 5.69. The number of carbonyl (C=O) groups is 1. The second-order valence-electron chi connectivity index (χ2n) is 5.69. The van der Waals surface area contributed by atoms with E-state index in [1.807, 2.05) is 11.0 Å². The number of methoxy groups -OCH3 is 2. The Hall–Kier alpha value is -1.39. The van der Waals surface area contributed by atoms with E-state index in [-0.39, 0.29) is 5.91 Å². The molecule has 1 amide bonds. The van der Waals surface area contributed by atoms with Crippen molar-refractivity contribution in [1.29, 1.82) is 0 Å². The Morgan fingerprint density at radius 2 is 1.90 bits per heavy atom. The zero-order valence-corrected chi connectivity index (χ0v) is 13.2. The first-order valence-electron chi connectivity index (χ1n) is 7.52. The summed E-state index contributed by atoms with van der Waals surface area (Å²) < 4.78 is 10.9. The summed E-state index contributed by atoms with van der Waals surface area (Å²) in [4.78, 5) is 14.2.